The zero-order valence-corrected chi connectivity index (χ0v) is 22.9. The van der Waals surface area contributed by atoms with Gasteiger partial charge in [-0.2, -0.15) is 5.26 Å². The number of rotatable bonds is 4. The Morgan fingerprint density at radius 2 is 1.90 bits per heavy atom. The number of hydrogen-bond acceptors (Lipinski definition) is 5. The number of aliphatic imine (C=N–C) groups is 1. The van der Waals surface area contributed by atoms with Crippen LogP contribution >= 0.6 is 0 Å². The van der Waals surface area contributed by atoms with E-state index in [0.717, 1.165) is 16.7 Å². The van der Waals surface area contributed by atoms with Gasteiger partial charge < -0.3 is 4.74 Å². The summed E-state index contributed by atoms with van der Waals surface area (Å²) in [6.07, 6.45) is 5.92. The molecule has 1 aromatic carbocycles. The molecule has 5 rings (SSSR count). The van der Waals surface area contributed by atoms with Gasteiger partial charge in [-0.25, -0.2) is 8.78 Å². The number of nitriles is 1. The Hall–Kier alpha value is -3.66. The topological polar surface area (TPSA) is 75.3 Å². The third-order valence-electron chi connectivity index (χ3n) is 8.69. The van der Waals surface area contributed by atoms with Crippen molar-refractivity contribution in [3.63, 3.8) is 0 Å². The van der Waals surface area contributed by atoms with Crippen molar-refractivity contribution in [3.8, 4) is 17.2 Å². The molecule has 0 amide bonds. The predicted octanol–water partition coefficient (Wildman–Crippen LogP) is 6.90. The highest BCUT2D eigenvalue weighted by molar-refractivity contribution is 6.15. The Kier molecular flexibility index (Phi) is 6.57. The molecule has 202 valence electrons. The number of halogens is 2. The van der Waals surface area contributed by atoms with Crippen molar-refractivity contribution < 1.29 is 18.3 Å². The van der Waals surface area contributed by atoms with Crippen molar-refractivity contribution in [1.29, 1.82) is 5.26 Å². The standard InChI is InChI=1S/C32H33F2N3O2/c1-19-25(13-12-24-11-10-22(16-36-24)26-9-7-6-8-21(26)15-35)28-20(2)39-29(38)31(28,18-32(19,33)34)27-14-23(17-37-27)30(3,4)5/h6-14,16,19-20,25,28H,17-18H2,1-5H3/b13-12+/t19-,20+,25-,28-,31-/m0/s1. The first-order valence-electron chi connectivity index (χ1n) is 13.4. The Bertz CT molecular complexity index is 1430. The van der Waals surface area contributed by atoms with Crippen molar-refractivity contribution in [2.75, 3.05) is 6.54 Å². The van der Waals surface area contributed by atoms with Crippen LogP contribution in [0.3, 0.4) is 0 Å². The summed E-state index contributed by atoms with van der Waals surface area (Å²) in [7, 11) is 0. The molecule has 3 heterocycles. The minimum Gasteiger partial charge on any atom is -0.462 e. The van der Waals surface area contributed by atoms with Gasteiger partial charge in [-0.15, -0.1) is 0 Å². The van der Waals surface area contributed by atoms with Crippen LogP contribution in [-0.2, 0) is 9.53 Å². The van der Waals surface area contributed by atoms with Gasteiger partial charge in [0.1, 0.15) is 11.5 Å². The number of esters is 1. The highest BCUT2D eigenvalue weighted by atomic mass is 19.3. The molecule has 2 aromatic rings. The van der Waals surface area contributed by atoms with Gasteiger partial charge in [0.2, 0.25) is 0 Å². The first-order valence-corrected chi connectivity index (χ1v) is 13.4. The highest BCUT2D eigenvalue weighted by Crippen LogP contribution is 2.60. The number of carbonyl (C=O) groups excluding carboxylic acids is 1. The Morgan fingerprint density at radius 1 is 1.15 bits per heavy atom. The van der Waals surface area contributed by atoms with Crippen LogP contribution in [0.4, 0.5) is 8.78 Å². The third kappa shape index (κ3) is 4.50. The highest BCUT2D eigenvalue weighted by Gasteiger charge is 2.69. The van der Waals surface area contributed by atoms with Crippen LogP contribution in [0.5, 0.6) is 0 Å². The minimum absolute atomic E-state index is 0.180. The minimum atomic E-state index is -3.09. The molecule has 5 atom stereocenters. The van der Waals surface area contributed by atoms with Crippen LogP contribution in [0.2, 0.25) is 0 Å². The lowest BCUT2D eigenvalue weighted by atomic mass is 9.54. The second-order valence-corrected chi connectivity index (χ2v) is 12.0. The van der Waals surface area contributed by atoms with Gasteiger partial charge in [-0.05, 0) is 48.1 Å². The number of cyclic esters (lactones) is 1. The van der Waals surface area contributed by atoms with E-state index in [9.17, 15) is 10.1 Å². The number of aromatic nitrogens is 1. The van der Waals surface area contributed by atoms with Gasteiger partial charge in [-0.1, -0.05) is 58.0 Å². The molecule has 5 nitrogen and oxygen atoms in total. The first-order chi connectivity index (χ1) is 18.4. The van der Waals surface area contributed by atoms with E-state index < -0.39 is 47.6 Å². The summed E-state index contributed by atoms with van der Waals surface area (Å²) in [6.45, 7) is 9.93. The van der Waals surface area contributed by atoms with Crippen LogP contribution in [0, 0.1) is 39.9 Å². The number of carbonyl (C=O) groups is 1. The van der Waals surface area contributed by atoms with Crippen LogP contribution in [0.1, 0.15) is 52.3 Å². The predicted molar refractivity (Wildman–Crippen MR) is 147 cm³/mol. The van der Waals surface area contributed by atoms with E-state index in [1.165, 1.54) is 0 Å². The largest absolute Gasteiger partial charge is 0.462 e. The van der Waals surface area contributed by atoms with Crippen LogP contribution in [0.25, 0.3) is 17.2 Å². The fraction of sp³-hybridized carbons (Fsp3) is 0.438. The normalized spacial score (nSPS) is 29.9. The average Bonchev–Trinajstić information content (AvgIpc) is 3.49. The lowest BCUT2D eigenvalue weighted by molar-refractivity contribution is -0.159. The van der Waals surface area contributed by atoms with E-state index in [2.05, 4.69) is 36.8 Å². The van der Waals surface area contributed by atoms with Gasteiger partial charge in [-0.3, -0.25) is 14.8 Å². The Balaban J connectivity index is 1.50. The number of allylic oxidation sites excluding steroid dienone is 2. The van der Waals surface area contributed by atoms with Crippen molar-refractivity contribution in [3.05, 3.63) is 71.6 Å². The number of hydrogen-bond donors (Lipinski definition) is 0. The fourth-order valence-corrected chi connectivity index (χ4v) is 6.35. The van der Waals surface area contributed by atoms with Gasteiger partial charge >= 0.3 is 5.97 Å². The summed E-state index contributed by atoms with van der Waals surface area (Å²) in [5.74, 6) is -5.81. The summed E-state index contributed by atoms with van der Waals surface area (Å²) >= 11 is 0. The average molecular weight is 530 g/mol. The molecule has 7 heteroatoms. The SMILES string of the molecule is C[C@H]1OC(=O)[C@]2(C3=NCC(C(C)(C)C)=C3)CC(F)(F)[C@@H](C)[C@H](/C=C/c3ccc(-c4ccccc4C#N)cn3)[C@H]12. The van der Waals surface area contributed by atoms with Crippen LogP contribution in [-0.4, -0.2) is 35.2 Å². The maximum absolute atomic E-state index is 15.7. The molecule has 1 saturated heterocycles. The summed E-state index contributed by atoms with van der Waals surface area (Å²) < 4.78 is 37.1. The lowest BCUT2D eigenvalue weighted by Crippen LogP contribution is -2.56. The smallest absolute Gasteiger partial charge is 0.319 e. The van der Waals surface area contributed by atoms with Crippen molar-refractivity contribution in [1.82, 2.24) is 4.98 Å². The molecule has 0 bridgehead atoms. The maximum atomic E-state index is 15.7. The summed E-state index contributed by atoms with van der Waals surface area (Å²) in [6, 6.07) is 13.1. The van der Waals surface area contributed by atoms with Gasteiger partial charge in [0.05, 0.1) is 29.6 Å². The molecule has 3 aliphatic rings. The molecule has 0 N–H and O–H groups in total. The molecule has 1 aromatic heterocycles. The zero-order valence-electron chi connectivity index (χ0n) is 22.9. The summed E-state index contributed by atoms with van der Waals surface area (Å²) in [5.41, 5.74) is 2.51. The molecular weight excluding hydrogens is 496 g/mol. The number of ether oxygens (including phenoxy) is 1. The van der Waals surface area contributed by atoms with Crippen LogP contribution in [0.15, 0.2) is 65.3 Å². The first kappa shape index (κ1) is 26.9. The quantitative estimate of drug-likeness (QED) is 0.404. The monoisotopic (exact) mass is 529 g/mol. The summed E-state index contributed by atoms with van der Waals surface area (Å²) in [4.78, 5) is 22.6. The van der Waals surface area contributed by atoms with Crippen molar-refractivity contribution in [2.45, 2.75) is 53.1 Å². The summed E-state index contributed by atoms with van der Waals surface area (Å²) in [5, 5.41) is 9.41. The second-order valence-electron chi connectivity index (χ2n) is 12.0. The molecule has 1 saturated carbocycles. The van der Waals surface area contributed by atoms with E-state index in [1.54, 1.807) is 44.3 Å². The molecule has 39 heavy (non-hydrogen) atoms. The molecule has 0 radical (unpaired) electrons. The van der Waals surface area contributed by atoms with E-state index in [1.807, 2.05) is 30.3 Å². The second kappa shape index (κ2) is 9.51. The van der Waals surface area contributed by atoms with Crippen molar-refractivity contribution >= 4 is 17.8 Å². The zero-order chi connectivity index (χ0) is 28.2. The molecule has 0 unspecified atom stereocenters. The number of alkyl halides is 2. The number of benzene rings is 1. The maximum Gasteiger partial charge on any atom is 0.319 e. The van der Waals surface area contributed by atoms with E-state index in [-0.39, 0.29) is 5.41 Å². The van der Waals surface area contributed by atoms with E-state index in [0.29, 0.717) is 23.5 Å². The lowest BCUT2D eigenvalue weighted by Gasteiger charge is -2.47. The number of nitrogens with zero attached hydrogens (tertiary/aromatic N) is 3. The van der Waals surface area contributed by atoms with E-state index in [4.69, 9.17) is 4.74 Å². The molecule has 1 aliphatic carbocycles. The molecule has 2 aliphatic heterocycles. The number of fused-ring (bicyclic) bond motifs is 1. The van der Waals surface area contributed by atoms with Crippen molar-refractivity contribution in [2.24, 2.45) is 33.6 Å². The van der Waals surface area contributed by atoms with Crippen LogP contribution < -0.4 is 0 Å². The van der Waals surface area contributed by atoms with Gasteiger partial charge in [0, 0.05) is 35.6 Å². The molecule has 2 fully saturated rings. The molecular formula is C32H33F2N3O2. The van der Waals surface area contributed by atoms with E-state index >= 15 is 8.78 Å². The molecule has 0 spiro atoms. The Morgan fingerprint density at radius 3 is 2.54 bits per heavy atom. The van der Waals surface area contributed by atoms with Gasteiger partial charge in [0.15, 0.2) is 0 Å². The third-order valence-corrected chi connectivity index (χ3v) is 8.69. The van der Waals surface area contributed by atoms with Gasteiger partial charge in [0.25, 0.3) is 5.92 Å². The number of pyridine rings is 1. The Labute approximate surface area is 228 Å². The fourth-order valence-electron chi connectivity index (χ4n) is 6.35.